The monoisotopic (exact) mass is 334 g/mol. The summed E-state index contributed by atoms with van der Waals surface area (Å²) in [6.45, 7) is 5.96. The molecule has 1 atom stereocenters. The first kappa shape index (κ1) is 18.3. The minimum absolute atomic E-state index is 0.567. The fourth-order valence-corrected chi connectivity index (χ4v) is 5.22. The number of alkyl halides is 4. The standard InChI is InChI=1S/C16H22ClF3Si/c1-3-21(2,12-7-5-4-6-11-17)15-10-8-9-14(13-15)16(18,19)20/h3,8-10,13H,1,4-7,11-12H2,2H3. The molecule has 0 nitrogen and oxygen atoms in total. The lowest BCUT2D eigenvalue weighted by Crippen LogP contribution is -2.43. The fourth-order valence-electron chi connectivity index (χ4n) is 2.36. The molecule has 1 rings (SSSR count). The van der Waals surface area contributed by atoms with Crippen LogP contribution < -0.4 is 5.19 Å². The Morgan fingerprint density at radius 2 is 1.86 bits per heavy atom. The third-order valence-electron chi connectivity index (χ3n) is 3.88. The van der Waals surface area contributed by atoms with E-state index in [0.717, 1.165) is 43.0 Å². The molecule has 118 valence electrons. The van der Waals surface area contributed by atoms with Crippen molar-refractivity contribution in [2.75, 3.05) is 5.88 Å². The van der Waals surface area contributed by atoms with Gasteiger partial charge in [-0.2, -0.15) is 13.2 Å². The zero-order valence-electron chi connectivity index (χ0n) is 12.3. The smallest absolute Gasteiger partial charge is 0.166 e. The number of rotatable bonds is 8. The fraction of sp³-hybridized carbons (Fsp3) is 0.500. The summed E-state index contributed by atoms with van der Waals surface area (Å²) in [5.41, 5.74) is 1.33. The molecule has 0 N–H and O–H groups in total. The number of halogens is 4. The summed E-state index contributed by atoms with van der Waals surface area (Å²) < 4.78 is 38.5. The normalized spacial score (nSPS) is 14.7. The zero-order chi connectivity index (χ0) is 15.9. The van der Waals surface area contributed by atoms with E-state index in [1.807, 2.05) is 11.8 Å². The summed E-state index contributed by atoms with van der Waals surface area (Å²) >= 11 is 5.64. The predicted molar refractivity (Wildman–Crippen MR) is 86.9 cm³/mol. The zero-order valence-corrected chi connectivity index (χ0v) is 14.1. The first-order valence-corrected chi connectivity index (χ1v) is 10.5. The summed E-state index contributed by atoms with van der Waals surface area (Å²) in [6, 6.07) is 6.66. The topological polar surface area (TPSA) is 0 Å². The van der Waals surface area contributed by atoms with Crippen molar-refractivity contribution < 1.29 is 13.2 Å². The van der Waals surface area contributed by atoms with Gasteiger partial charge in [0.2, 0.25) is 0 Å². The molecule has 1 aromatic rings. The van der Waals surface area contributed by atoms with Crippen molar-refractivity contribution in [3.63, 3.8) is 0 Å². The molecule has 0 aliphatic rings. The summed E-state index contributed by atoms with van der Waals surface area (Å²) in [7, 11) is -2.04. The molecule has 0 spiro atoms. The van der Waals surface area contributed by atoms with Crippen molar-refractivity contribution in [3.05, 3.63) is 42.1 Å². The number of benzene rings is 1. The van der Waals surface area contributed by atoms with E-state index in [1.54, 1.807) is 0 Å². The maximum atomic E-state index is 12.8. The van der Waals surface area contributed by atoms with Crippen molar-refractivity contribution in [2.45, 2.75) is 44.5 Å². The summed E-state index contributed by atoms with van der Waals surface area (Å²) in [5.74, 6) is 0.670. The second-order valence-corrected chi connectivity index (χ2v) is 10.3. The number of hydrogen-bond donors (Lipinski definition) is 0. The highest BCUT2D eigenvalue weighted by Crippen LogP contribution is 2.29. The molecule has 5 heteroatoms. The van der Waals surface area contributed by atoms with Crippen LogP contribution in [0, 0.1) is 0 Å². The van der Waals surface area contributed by atoms with Crippen LogP contribution >= 0.6 is 11.6 Å². The maximum absolute atomic E-state index is 12.8. The molecule has 0 aliphatic heterocycles. The Morgan fingerprint density at radius 3 is 2.43 bits per heavy atom. The molecular formula is C16H22ClF3Si. The van der Waals surface area contributed by atoms with Crippen LogP contribution in [0.4, 0.5) is 13.2 Å². The van der Waals surface area contributed by atoms with E-state index >= 15 is 0 Å². The molecule has 0 saturated carbocycles. The first-order valence-electron chi connectivity index (χ1n) is 7.21. The highest BCUT2D eigenvalue weighted by Gasteiger charge is 2.33. The molecule has 0 amide bonds. The lowest BCUT2D eigenvalue weighted by atomic mass is 10.2. The van der Waals surface area contributed by atoms with Gasteiger partial charge in [0.15, 0.2) is 0 Å². The van der Waals surface area contributed by atoms with E-state index in [0.29, 0.717) is 5.88 Å². The number of hydrogen-bond acceptors (Lipinski definition) is 0. The van der Waals surface area contributed by atoms with E-state index < -0.39 is 19.8 Å². The molecule has 21 heavy (non-hydrogen) atoms. The third-order valence-corrected chi connectivity index (χ3v) is 8.07. The Hall–Kier alpha value is -0.743. The van der Waals surface area contributed by atoms with Crippen molar-refractivity contribution in [1.82, 2.24) is 0 Å². The van der Waals surface area contributed by atoms with Crippen molar-refractivity contribution in [1.29, 1.82) is 0 Å². The molecule has 0 saturated heterocycles. The molecule has 1 aromatic carbocycles. The van der Waals surface area contributed by atoms with Gasteiger partial charge in [-0.15, -0.1) is 18.2 Å². The van der Waals surface area contributed by atoms with E-state index in [-0.39, 0.29) is 0 Å². The minimum Gasteiger partial charge on any atom is -0.166 e. The molecule has 1 unspecified atom stereocenters. The van der Waals surface area contributed by atoms with Gasteiger partial charge in [-0.25, -0.2) is 0 Å². The van der Waals surface area contributed by atoms with E-state index in [9.17, 15) is 13.2 Å². The molecule has 0 heterocycles. The second kappa shape index (κ2) is 8.04. The van der Waals surface area contributed by atoms with Crippen LogP contribution in [0.3, 0.4) is 0 Å². The molecular weight excluding hydrogens is 313 g/mol. The van der Waals surface area contributed by atoms with Gasteiger partial charge >= 0.3 is 6.18 Å². The van der Waals surface area contributed by atoms with Gasteiger partial charge in [0.1, 0.15) is 8.07 Å². The van der Waals surface area contributed by atoms with Gasteiger partial charge in [0.25, 0.3) is 0 Å². The first-order chi connectivity index (χ1) is 9.83. The quantitative estimate of drug-likeness (QED) is 0.334. The lowest BCUT2D eigenvalue weighted by molar-refractivity contribution is -0.137. The summed E-state index contributed by atoms with van der Waals surface area (Å²) in [6.07, 6.45) is -0.123. The van der Waals surface area contributed by atoms with Crippen molar-refractivity contribution in [3.8, 4) is 0 Å². The van der Waals surface area contributed by atoms with Gasteiger partial charge in [0, 0.05) is 5.88 Å². The predicted octanol–water partition coefficient (Wildman–Crippen LogP) is 5.52. The van der Waals surface area contributed by atoms with Crippen molar-refractivity contribution >= 4 is 24.9 Å². The van der Waals surface area contributed by atoms with Crippen LogP contribution in [0.5, 0.6) is 0 Å². The van der Waals surface area contributed by atoms with Crippen LogP contribution in [-0.2, 0) is 6.18 Å². The summed E-state index contributed by atoms with van der Waals surface area (Å²) in [4.78, 5) is 0. The van der Waals surface area contributed by atoms with Crippen LogP contribution in [0.25, 0.3) is 0 Å². The Morgan fingerprint density at radius 1 is 1.19 bits per heavy atom. The lowest BCUT2D eigenvalue weighted by Gasteiger charge is -2.25. The van der Waals surface area contributed by atoms with E-state index in [2.05, 4.69) is 13.1 Å². The molecule has 0 fully saturated rings. The average molecular weight is 335 g/mol. The van der Waals surface area contributed by atoms with Gasteiger partial charge < -0.3 is 0 Å². The van der Waals surface area contributed by atoms with Gasteiger partial charge in [-0.3, -0.25) is 0 Å². The highest BCUT2D eigenvalue weighted by atomic mass is 35.5. The van der Waals surface area contributed by atoms with Crippen LogP contribution in [0.2, 0.25) is 12.6 Å². The Balaban J connectivity index is 2.80. The van der Waals surface area contributed by atoms with Gasteiger partial charge in [0.05, 0.1) is 5.56 Å². The van der Waals surface area contributed by atoms with Gasteiger partial charge in [-0.1, -0.05) is 67.0 Å². The SMILES string of the molecule is C=C[Si](C)(CCCCCCCl)c1cccc(C(F)(F)F)c1. The van der Waals surface area contributed by atoms with Crippen LogP contribution in [0.1, 0.15) is 31.2 Å². The molecule has 0 aromatic heterocycles. The highest BCUT2D eigenvalue weighted by molar-refractivity contribution is 6.94. The largest absolute Gasteiger partial charge is 0.416 e. The molecule has 0 bridgehead atoms. The average Bonchev–Trinajstić information content (AvgIpc) is 2.46. The third kappa shape index (κ3) is 5.51. The Kier molecular flexibility index (Phi) is 7.01. The number of unbranched alkanes of at least 4 members (excludes halogenated alkanes) is 3. The molecule has 0 aliphatic carbocycles. The van der Waals surface area contributed by atoms with Crippen LogP contribution in [-0.4, -0.2) is 14.0 Å². The second-order valence-electron chi connectivity index (χ2n) is 5.55. The minimum atomic E-state index is -4.28. The van der Waals surface area contributed by atoms with E-state index in [4.69, 9.17) is 11.6 Å². The van der Waals surface area contributed by atoms with Crippen molar-refractivity contribution in [2.24, 2.45) is 0 Å². The van der Waals surface area contributed by atoms with Crippen LogP contribution in [0.15, 0.2) is 36.5 Å². The Bertz CT molecular complexity index is 459. The Labute approximate surface area is 131 Å². The van der Waals surface area contributed by atoms with Gasteiger partial charge in [-0.05, 0) is 6.42 Å². The molecule has 0 radical (unpaired) electrons. The van der Waals surface area contributed by atoms with E-state index in [1.165, 1.54) is 12.1 Å². The maximum Gasteiger partial charge on any atom is 0.416 e. The summed E-state index contributed by atoms with van der Waals surface area (Å²) in [5, 5.41) is 0.810.